The van der Waals surface area contributed by atoms with Crippen molar-refractivity contribution >= 4 is 23.8 Å². The van der Waals surface area contributed by atoms with E-state index in [1.165, 1.54) is 38.5 Å². The Balaban J connectivity index is 0.000000612. The van der Waals surface area contributed by atoms with Gasteiger partial charge in [-0.15, -0.1) is 0 Å². The topological polar surface area (TPSA) is 109 Å². The molecule has 44 heavy (non-hydrogen) atoms. The highest BCUT2D eigenvalue weighted by Crippen LogP contribution is 2.21. The number of amidine groups is 1. The number of methoxy groups -OCH3 is 1. The molecular formula is C36H55N5O3. The molecule has 1 fully saturated rings. The van der Waals surface area contributed by atoms with Crippen LogP contribution in [0.4, 0.5) is 5.69 Å². The van der Waals surface area contributed by atoms with Crippen molar-refractivity contribution in [3.8, 4) is 11.1 Å². The zero-order chi connectivity index (χ0) is 32.6. The Morgan fingerprint density at radius 3 is 1.98 bits per heavy atom. The number of anilines is 1. The van der Waals surface area contributed by atoms with Crippen LogP contribution < -0.4 is 16.4 Å². The van der Waals surface area contributed by atoms with Crippen LogP contribution >= 0.6 is 0 Å². The van der Waals surface area contributed by atoms with E-state index in [0.717, 1.165) is 46.9 Å². The highest BCUT2D eigenvalue weighted by atomic mass is 16.5. The lowest BCUT2D eigenvalue weighted by atomic mass is 10.0. The molecular weight excluding hydrogens is 550 g/mol. The minimum atomic E-state index is -0.0963. The van der Waals surface area contributed by atoms with Crippen molar-refractivity contribution in [2.75, 3.05) is 46.1 Å². The molecule has 0 unspecified atom stereocenters. The first-order valence-electron chi connectivity index (χ1n) is 15.8. The van der Waals surface area contributed by atoms with Crippen LogP contribution in [0.1, 0.15) is 83.0 Å². The van der Waals surface area contributed by atoms with Crippen molar-refractivity contribution in [3.63, 3.8) is 0 Å². The Bertz CT molecular complexity index is 1160. The number of amides is 2. The SMILES string of the molecule is C1CCCCC1.CC/C=C(C)/N=C(/C=C(\C)CNC(=O)c1ccc(-c2ccc(N)cc2)cc1)N(C)CC.COCCNC=O. The number of carbonyl (C=O) groups is 2. The molecule has 1 aliphatic rings. The van der Waals surface area contributed by atoms with Crippen molar-refractivity contribution in [2.24, 2.45) is 4.99 Å². The minimum Gasteiger partial charge on any atom is -0.399 e. The van der Waals surface area contributed by atoms with Crippen molar-refractivity contribution in [2.45, 2.75) is 72.6 Å². The van der Waals surface area contributed by atoms with Crippen LogP contribution in [-0.2, 0) is 9.53 Å². The summed E-state index contributed by atoms with van der Waals surface area (Å²) in [5, 5.41) is 5.44. The number of nitrogens with one attached hydrogen (secondary N) is 2. The summed E-state index contributed by atoms with van der Waals surface area (Å²) in [5.41, 5.74) is 11.3. The first kappa shape index (κ1) is 38.1. The Morgan fingerprint density at radius 1 is 0.955 bits per heavy atom. The molecule has 2 amide bonds. The van der Waals surface area contributed by atoms with Crippen LogP contribution in [0.15, 0.2) is 76.9 Å². The smallest absolute Gasteiger partial charge is 0.251 e. The molecule has 0 spiro atoms. The third-order valence-corrected chi connectivity index (χ3v) is 6.98. The number of aliphatic imine (C=N–C) groups is 1. The zero-order valence-corrected chi connectivity index (χ0v) is 27.8. The number of nitrogens with two attached hydrogens (primary N) is 1. The maximum atomic E-state index is 12.6. The molecule has 0 atom stereocenters. The van der Waals surface area contributed by atoms with E-state index >= 15 is 0 Å². The number of nitrogen functional groups attached to an aromatic ring is 1. The molecule has 1 saturated carbocycles. The average Bonchev–Trinajstić information content (AvgIpc) is 3.05. The second-order valence-electron chi connectivity index (χ2n) is 10.8. The van der Waals surface area contributed by atoms with Gasteiger partial charge in [0.1, 0.15) is 5.84 Å². The molecule has 1 aliphatic carbocycles. The van der Waals surface area contributed by atoms with Gasteiger partial charge in [-0.05, 0) is 68.7 Å². The van der Waals surface area contributed by atoms with Crippen molar-refractivity contribution in [1.82, 2.24) is 15.5 Å². The number of allylic oxidation sites excluding steroid dienone is 2. The summed E-state index contributed by atoms with van der Waals surface area (Å²) in [4.78, 5) is 28.9. The fourth-order valence-electron chi connectivity index (χ4n) is 4.27. The maximum absolute atomic E-state index is 12.6. The summed E-state index contributed by atoms with van der Waals surface area (Å²) in [6, 6.07) is 15.3. The molecule has 8 heteroatoms. The van der Waals surface area contributed by atoms with E-state index in [2.05, 4.69) is 40.2 Å². The van der Waals surface area contributed by atoms with Gasteiger partial charge in [-0.25, -0.2) is 4.99 Å². The van der Waals surface area contributed by atoms with E-state index in [9.17, 15) is 9.59 Å². The fraction of sp³-hybridized carbons (Fsp3) is 0.472. The van der Waals surface area contributed by atoms with Gasteiger partial charge in [-0.1, -0.05) is 81.4 Å². The van der Waals surface area contributed by atoms with Gasteiger partial charge in [0.15, 0.2) is 0 Å². The highest BCUT2D eigenvalue weighted by Gasteiger charge is 2.08. The highest BCUT2D eigenvalue weighted by molar-refractivity contribution is 5.96. The normalized spacial score (nSPS) is 13.5. The van der Waals surface area contributed by atoms with Crippen molar-refractivity contribution in [3.05, 3.63) is 77.5 Å². The molecule has 0 aromatic heterocycles. The monoisotopic (exact) mass is 605 g/mol. The first-order valence-corrected chi connectivity index (χ1v) is 15.8. The van der Waals surface area contributed by atoms with Crippen LogP contribution in [-0.4, -0.2) is 63.5 Å². The third kappa shape index (κ3) is 16.7. The lowest BCUT2D eigenvalue weighted by Gasteiger charge is -2.18. The Hall–Kier alpha value is -3.91. The molecule has 0 radical (unpaired) electrons. The van der Waals surface area contributed by atoms with Crippen LogP contribution in [0.3, 0.4) is 0 Å². The van der Waals surface area contributed by atoms with E-state index in [1.807, 2.05) is 75.5 Å². The van der Waals surface area contributed by atoms with E-state index in [0.29, 0.717) is 31.7 Å². The summed E-state index contributed by atoms with van der Waals surface area (Å²) < 4.78 is 4.62. The summed E-state index contributed by atoms with van der Waals surface area (Å²) in [5.74, 6) is 0.797. The van der Waals surface area contributed by atoms with E-state index in [-0.39, 0.29) is 5.91 Å². The second kappa shape index (κ2) is 23.5. The molecule has 3 rings (SSSR count). The van der Waals surface area contributed by atoms with Crippen molar-refractivity contribution < 1.29 is 14.3 Å². The molecule has 2 aromatic rings. The van der Waals surface area contributed by atoms with Gasteiger partial charge in [-0.2, -0.15) is 0 Å². The standard InChI is InChI=1S/C26H34N4O.C6H12.C4H9NO2/c1-6-8-20(4)29-25(30(5)7-2)17-19(3)18-28-26(31)23-11-9-21(10-12-23)22-13-15-24(27)16-14-22;1-2-4-6-5-3-1;1-7-3-2-5-4-6/h8-17H,6-7,18,27H2,1-5H3,(H,28,31);1-6H2;4H,2-3H2,1H3,(H,5,6)/b19-17+,20-8+,29-25-;;. The van der Waals surface area contributed by atoms with Gasteiger partial charge in [0.2, 0.25) is 6.41 Å². The van der Waals surface area contributed by atoms with Crippen molar-refractivity contribution in [1.29, 1.82) is 0 Å². The van der Waals surface area contributed by atoms with Crippen LogP contribution in [0.25, 0.3) is 11.1 Å². The molecule has 0 heterocycles. The Labute approximate surface area is 265 Å². The quantitative estimate of drug-likeness (QED) is 0.0794. The predicted octanol–water partition coefficient (Wildman–Crippen LogP) is 7.00. The van der Waals surface area contributed by atoms with Gasteiger partial charge < -0.3 is 26.0 Å². The average molecular weight is 606 g/mol. The number of ether oxygens (including phenoxy) is 1. The van der Waals surface area contributed by atoms with Gasteiger partial charge in [0.05, 0.1) is 6.61 Å². The third-order valence-electron chi connectivity index (χ3n) is 6.98. The van der Waals surface area contributed by atoms with Gasteiger partial charge in [0.25, 0.3) is 5.91 Å². The lowest BCUT2D eigenvalue weighted by molar-refractivity contribution is -0.109. The van der Waals surface area contributed by atoms with Crippen LogP contribution in [0.5, 0.6) is 0 Å². The largest absolute Gasteiger partial charge is 0.399 e. The Morgan fingerprint density at radius 2 is 1.50 bits per heavy atom. The van der Waals surface area contributed by atoms with E-state index < -0.39 is 0 Å². The first-order chi connectivity index (χ1) is 21.2. The molecule has 2 aromatic carbocycles. The number of benzene rings is 2. The molecule has 0 aliphatic heterocycles. The number of rotatable bonds is 12. The lowest BCUT2D eigenvalue weighted by Crippen LogP contribution is -2.28. The molecule has 8 nitrogen and oxygen atoms in total. The van der Waals surface area contributed by atoms with Gasteiger partial charge >= 0.3 is 0 Å². The van der Waals surface area contributed by atoms with E-state index in [4.69, 9.17) is 10.7 Å². The minimum absolute atomic E-state index is 0.0963. The van der Waals surface area contributed by atoms with Crippen LogP contribution in [0, 0.1) is 0 Å². The van der Waals surface area contributed by atoms with Crippen LogP contribution in [0.2, 0.25) is 0 Å². The number of carbonyl (C=O) groups excluding carboxylic acids is 2. The summed E-state index contributed by atoms with van der Waals surface area (Å²) >= 11 is 0. The summed E-state index contributed by atoms with van der Waals surface area (Å²) in [6.07, 6.45) is 14.7. The number of nitrogens with zero attached hydrogens (tertiary/aromatic N) is 2. The molecule has 0 saturated heterocycles. The Kier molecular flexibility index (Phi) is 20.4. The molecule has 0 bridgehead atoms. The summed E-state index contributed by atoms with van der Waals surface area (Å²) in [7, 11) is 3.61. The fourth-order valence-corrected chi connectivity index (χ4v) is 4.27. The predicted molar refractivity (Wildman–Crippen MR) is 186 cm³/mol. The molecule has 4 N–H and O–H groups in total. The molecule has 242 valence electrons. The van der Waals surface area contributed by atoms with Gasteiger partial charge in [-0.3, -0.25) is 9.59 Å². The van der Waals surface area contributed by atoms with E-state index in [1.54, 1.807) is 7.11 Å². The number of likely N-dealkylation sites (N-methyl/N-ethyl adjacent to an activating group) is 1. The van der Waals surface area contributed by atoms with Gasteiger partial charge in [0, 0.05) is 50.7 Å². The summed E-state index contributed by atoms with van der Waals surface area (Å²) in [6.45, 7) is 10.7. The second-order valence-corrected chi connectivity index (χ2v) is 10.8. The zero-order valence-electron chi connectivity index (χ0n) is 27.8. The number of hydrogen-bond acceptors (Lipinski definition) is 5. The number of hydrogen-bond donors (Lipinski definition) is 3. The maximum Gasteiger partial charge on any atom is 0.251 e.